The number of primary amides is 1. The summed E-state index contributed by atoms with van der Waals surface area (Å²) in [6, 6.07) is 24.1. The number of amides is 2. The molecule has 186 valence electrons. The summed E-state index contributed by atoms with van der Waals surface area (Å²) in [7, 11) is 1.58. The van der Waals surface area contributed by atoms with Crippen molar-refractivity contribution in [1.29, 1.82) is 0 Å². The van der Waals surface area contributed by atoms with Gasteiger partial charge in [-0.1, -0.05) is 86.6 Å². The first-order valence-corrected chi connectivity index (χ1v) is 12.2. The summed E-state index contributed by atoms with van der Waals surface area (Å²) in [6.07, 6.45) is 0.240. The molecule has 0 radical (unpaired) electrons. The molecular weight excluding hydrogens is 452 g/mol. The van der Waals surface area contributed by atoms with E-state index in [4.69, 9.17) is 10.5 Å². The van der Waals surface area contributed by atoms with Crippen molar-refractivity contribution in [3.8, 4) is 5.75 Å². The molecule has 1 heterocycles. The number of likely N-dealkylation sites (tertiary alicyclic amines) is 1. The number of ketones is 1. The fourth-order valence-corrected chi connectivity index (χ4v) is 5.33. The molecule has 1 aliphatic rings. The highest BCUT2D eigenvalue weighted by molar-refractivity contribution is 6.01. The second-order valence-corrected chi connectivity index (χ2v) is 9.66. The highest BCUT2D eigenvalue weighted by atomic mass is 16.5. The number of carbonyl (C=O) groups is 3. The van der Waals surface area contributed by atoms with Crippen molar-refractivity contribution >= 4 is 17.6 Å². The molecule has 0 spiro atoms. The van der Waals surface area contributed by atoms with Gasteiger partial charge in [0.2, 0.25) is 11.8 Å². The molecule has 36 heavy (non-hydrogen) atoms. The first-order valence-electron chi connectivity index (χ1n) is 12.2. The van der Waals surface area contributed by atoms with Crippen LogP contribution in [0.25, 0.3) is 0 Å². The molecule has 2 amide bonds. The maximum atomic E-state index is 14.2. The summed E-state index contributed by atoms with van der Waals surface area (Å²) in [5.74, 6) is -1.52. The van der Waals surface area contributed by atoms with Gasteiger partial charge in [0, 0.05) is 17.9 Å². The molecule has 1 fully saturated rings. The number of carbonyl (C=O) groups excluding carboxylic acids is 3. The third kappa shape index (κ3) is 4.89. The van der Waals surface area contributed by atoms with E-state index >= 15 is 0 Å². The fraction of sp³-hybridized carbons (Fsp3) is 0.300. The number of hydrogen-bond acceptors (Lipinski definition) is 4. The Morgan fingerprint density at radius 1 is 0.861 bits per heavy atom. The lowest BCUT2D eigenvalue weighted by molar-refractivity contribution is -0.140. The monoisotopic (exact) mass is 484 g/mol. The van der Waals surface area contributed by atoms with Crippen molar-refractivity contribution in [1.82, 2.24) is 4.90 Å². The van der Waals surface area contributed by atoms with Crippen LogP contribution < -0.4 is 10.5 Å². The average molecular weight is 485 g/mol. The van der Waals surface area contributed by atoms with Gasteiger partial charge in [-0.05, 0) is 29.2 Å². The average Bonchev–Trinajstić information content (AvgIpc) is 3.25. The van der Waals surface area contributed by atoms with Crippen molar-refractivity contribution in [2.75, 3.05) is 7.11 Å². The van der Waals surface area contributed by atoms with E-state index < -0.39 is 29.8 Å². The van der Waals surface area contributed by atoms with E-state index in [1.165, 1.54) is 0 Å². The van der Waals surface area contributed by atoms with Crippen molar-refractivity contribution < 1.29 is 19.1 Å². The molecule has 4 atom stereocenters. The molecule has 2 N–H and O–H groups in total. The number of nitrogens with two attached hydrogens (primary N) is 1. The van der Waals surface area contributed by atoms with Crippen LogP contribution in [-0.4, -0.2) is 35.6 Å². The van der Waals surface area contributed by atoms with E-state index in [-0.39, 0.29) is 24.0 Å². The summed E-state index contributed by atoms with van der Waals surface area (Å²) in [5.41, 5.74) is 8.09. The Morgan fingerprint density at radius 2 is 1.44 bits per heavy atom. The van der Waals surface area contributed by atoms with Gasteiger partial charge in [-0.15, -0.1) is 0 Å². The minimum atomic E-state index is -0.969. The molecule has 6 heteroatoms. The van der Waals surface area contributed by atoms with E-state index in [1.807, 2.05) is 74.5 Å². The van der Waals surface area contributed by atoms with Crippen LogP contribution in [0.5, 0.6) is 5.75 Å². The third-order valence-corrected chi connectivity index (χ3v) is 6.83. The highest BCUT2D eigenvalue weighted by Gasteiger charge is 2.56. The number of benzene rings is 3. The fourth-order valence-electron chi connectivity index (χ4n) is 5.33. The first kappa shape index (κ1) is 25.2. The van der Waals surface area contributed by atoms with Gasteiger partial charge in [0.25, 0.3) is 0 Å². The maximum Gasteiger partial charge on any atom is 0.240 e. The predicted molar refractivity (Wildman–Crippen MR) is 138 cm³/mol. The van der Waals surface area contributed by atoms with Crippen molar-refractivity contribution in [3.05, 3.63) is 102 Å². The van der Waals surface area contributed by atoms with Crippen LogP contribution >= 0.6 is 0 Å². The largest absolute Gasteiger partial charge is 0.497 e. The SMILES string of the molecule is COc1ccc(C2C(C(=O)c3ccccc3)C(c3ccccc3)C(C(N)=O)N2C(=O)CC(C)C)cc1. The zero-order valence-corrected chi connectivity index (χ0v) is 20.8. The van der Waals surface area contributed by atoms with Gasteiger partial charge < -0.3 is 15.4 Å². The van der Waals surface area contributed by atoms with E-state index in [1.54, 1.807) is 36.3 Å². The van der Waals surface area contributed by atoms with Crippen molar-refractivity contribution in [2.45, 2.75) is 38.3 Å². The zero-order valence-electron chi connectivity index (χ0n) is 20.8. The Kier molecular flexibility index (Phi) is 7.53. The molecule has 4 unspecified atom stereocenters. The van der Waals surface area contributed by atoms with Gasteiger partial charge in [-0.2, -0.15) is 0 Å². The predicted octanol–water partition coefficient (Wildman–Crippen LogP) is 4.76. The van der Waals surface area contributed by atoms with Crippen LogP contribution in [0.2, 0.25) is 0 Å². The minimum absolute atomic E-state index is 0.0709. The van der Waals surface area contributed by atoms with Gasteiger partial charge >= 0.3 is 0 Å². The Bertz CT molecular complexity index is 1210. The number of ether oxygens (including phenoxy) is 1. The highest BCUT2D eigenvalue weighted by Crippen LogP contribution is 2.51. The molecule has 0 saturated carbocycles. The lowest BCUT2D eigenvalue weighted by atomic mass is 9.76. The summed E-state index contributed by atoms with van der Waals surface area (Å²) in [6.45, 7) is 3.91. The number of methoxy groups -OCH3 is 1. The normalized spacial score (nSPS) is 21.4. The number of hydrogen-bond donors (Lipinski definition) is 1. The van der Waals surface area contributed by atoms with Crippen molar-refractivity contribution in [2.24, 2.45) is 17.6 Å². The first-order chi connectivity index (χ1) is 17.3. The molecule has 3 aromatic rings. The van der Waals surface area contributed by atoms with E-state index in [2.05, 4.69) is 0 Å². The Labute approximate surface area is 212 Å². The second kappa shape index (κ2) is 10.8. The number of Topliss-reactive ketones (excluding diaryl/α,β-unsaturated/α-hetero) is 1. The van der Waals surface area contributed by atoms with Gasteiger partial charge in [-0.25, -0.2) is 0 Å². The van der Waals surface area contributed by atoms with Crippen LogP contribution in [0.15, 0.2) is 84.9 Å². The second-order valence-electron chi connectivity index (χ2n) is 9.66. The van der Waals surface area contributed by atoms with E-state index in [0.717, 1.165) is 11.1 Å². The molecular formula is C30H32N2O4. The molecule has 0 bridgehead atoms. The third-order valence-electron chi connectivity index (χ3n) is 6.83. The molecule has 4 rings (SSSR count). The van der Waals surface area contributed by atoms with Gasteiger partial charge in [0.05, 0.1) is 19.1 Å². The maximum absolute atomic E-state index is 14.2. The van der Waals surface area contributed by atoms with Gasteiger partial charge in [0.15, 0.2) is 5.78 Å². The smallest absolute Gasteiger partial charge is 0.240 e. The molecule has 1 aliphatic heterocycles. The summed E-state index contributed by atoms with van der Waals surface area (Å²) < 4.78 is 5.33. The van der Waals surface area contributed by atoms with Gasteiger partial charge in [0.1, 0.15) is 11.8 Å². The number of nitrogens with zero attached hydrogens (tertiary/aromatic N) is 1. The minimum Gasteiger partial charge on any atom is -0.497 e. The van der Waals surface area contributed by atoms with Crippen LogP contribution in [0.3, 0.4) is 0 Å². The van der Waals surface area contributed by atoms with Crippen LogP contribution in [0.4, 0.5) is 0 Å². The Hall–Kier alpha value is -3.93. The Balaban J connectivity index is 1.96. The summed E-state index contributed by atoms with van der Waals surface area (Å²) in [4.78, 5) is 42.6. The van der Waals surface area contributed by atoms with E-state index in [9.17, 15) is 14.4 Å². The zero-order chi connectivity index (χ0) is 25.8. The molecule has 6 nitrogen and oxygen atoms in total. The molecule has 0 aliphatic carbocycles. The number of rotatable bonds is 8. The lowest BCUT2D eigenvalue weighted by Gasteiger charge is -2.31. The van der Waals surface area contributed by atoms with Crippen LogP contribution in [0.1, 0.15) is 53.7 Å². The van der Waals surface area contributed by atoms with Crippen LogP contribution in [-0.2, 0) is 9.59 Å². The lowest BCUT2D eigenvalue weighted by Crippen LogP contribution is -2.47. The summed E-state index contributed by atoms with van der Waals surface area (Å²) >= 11 is 0. The molecule has 3 aromatic carbocycles. The van der Waals surface area contributed by atoms with Gasteiger partial charge in [-0.3, -0.25) is 14.4 Å². The quantitative estimate of drug-likeness (QED) is 0.467. The Morgan fingerprint density at radius 3 is 1.97 bits per heavy atom. The van der Waals surface area contributed by atoms with E-state index in [0.29, 0.717) is 11.3 Å². The topological polar surface area (TPSA) is 89.7 Å². The molecule has 0 aromatic heterocycles. The standard InChI is InChI=1S/C30H32N2O4/c1-19(2)18-24(33)32-27(21-14-16-23(36-3)17-15-21)26(29(34)22-12-8-5-9-13-22)25(28(32)30(31)35)20-10-6-4-7-11-20/h4-17,19,25-28H,18H2,1-3H3,(H2,31,35). The van der Waals surface area contributed by atoms with Crippen LogP contribution in [0, 0.1) is 11.8 Å². The van der Waals surface area contributed by atoms with Crippen molar-refractivity contribution in [3.63, 3.8) is 0 Å². The summed E-state index contributed by atoms with van der Waals surface area (Å²) in [5, 5.41) is 0. The molecule has 1 saturated heterocycles.